The highest BCUT2D eigenvalue weighted by Crippen LogP contribution is 2.34. The highest BCUT2D eigenvalue weighted by molar-refractivity contribution is 6.01. The Hall–Kier alpha value is -4.39. The van der Waals surface area contributed by atoms with E-state index in [0.717, 1.165) is 46.7 Å². The van der Waals surface area contributed by atoms with Crippen molar-refractivity contribution in [2.24, 2.45) is 0 Å². The van der Waals surface area contributed by atoms with Gasteiger partial charge in [0.15, 0.2) is 0 Å². The molecule has 1 heterocycles. The number of ether oxygens (including phenoxy) is 1. The van der Waals surface area contributed by atoms with E-state index >= 15 is 0 Å². The molecular formula is C34H40N4O3. The number of aromatic nitrogens is 2. The summed E-state index contributed by atoms with van der Waals surface area (Å²) in [4.78, 5) is 28.8. The maximum Gasteiger partial charge on any atom is 0.254 e. The summed E-state index contributed by atoms with van der Waals surface area (Å²) < 4.78 is 7.05. The van der Waals surface area contributed by atoms with E-state index in [4.69, 9.17) is 9.84 Å². The van der Waals surface area contributed by atoms with Gasteiger partial charge in [-0.15, -0.1) is 0 Å². The number of aryl methyl sites for hydroxylation is 1. The van der Waals surface area contributed by atoms with E-state index in [-0.39, 0.29) is 23.8 Å². The zero-order valence-electron chi connectivity index (χ0n) is 24.9. The zero-order valence-corrected chi connectivity index (χ0v) is 24.9. The fraction of sp³-hybridized carbons (Fsp3) is 0.324. The van der Waals surface area contributed by atoms with Gasteiger partial charge in [0, 0.05) is 17.7 Å². The molecule has 214 valence electrons. The zero-order chi connectivity index (χ0) is 29.6. The smallest absolute Gasteiger partial charge is 0.254 e. The summed E-state index contributed by atoms with van der Waals surface area (Å²) in [6.45, 7) is 10.9. The molecule has 0 saturated heterocycles. The van der Waals surface area contributed by atoms with E-state index in [1.54, 1.807) is 16.7 Å². The van der Waals surface area contributed by atoms with Crippen molar-refractivity contribution in [2.45, 2.75) is 52.9 Å². The molecule has 0 aliphatic rings. The highest BCUT2D eigenvalue weighted by Gasteiger charge is 2.24. The first-order chi connectivity index (χ1) is 19.6. The van der Waals surface area contributed by atoms with Crippen LogP contribution in [0.5, 0.6) is 5.75 Å². The lowest BCUT2D eigenvalue weighted by Gasteiger charge is -2.23. The molecule has 3 aromatic carbocycles. The second-order valence-corrected chi connectivity index (χ2v) is 11.2. The molecular weight excluding hydrogens is 512 g/mol. The molecule has 2 amide bonds. The van der Waals surface area contributed by atoms with Crippen LogP contribution in [0.2, 0.25) is 0 Å². The summed E-state index contributed by atoms with van der Waals surface area (Å²) in [6.07, 6.45) is 1.72. The molecule has 0 fully saturated rings. The summed E-state index contributed by atoms with van der Waals surface area (Å²) >= 11 is 0. The predicted octanol–water partition coefficient (Wildman–Crippen LogP) is 7.03. The summed E-state index contributed by atoms with van der Waals surface area (Å²) in [5.74, 6) is 0.846. The number of rotatable bonds is 10. The van der Waals surface area contributed by atoms with Crippen LogP contribution in [-0.2, 0) is 10.2 Å². The minimum absolute atomic E-state index is 0.00914. The largest absolute Gasteiger partial charge is 0.497 e. The molecule has 0 radical (unpaired) electrons. The number of hydrogen-bond acceptors (Lipinski definition) is 4. The molecule has 41 heavy (non-hydrogen) atoms. The summed E-state index contributed by atoms with van der Waals surface area (Å²) in [7, 11) is 1.62. The molecule has 7 nitrogen and oxygen atoms in total. The number of carbonyl (C=O) groups excluding carboxylic acids is 2. The van der Waals surface area contributed by atoms with Crippen LogP contribution in [0, 0.1) is 6.92 Å². The first-order valence-corrected chi connectivity index (χ1v) is 14.1. The first kappa shape index (κ1) is 29.6. The number of anilines is 1. The van der Waals surface area contributed by atoms with Crippen LogP contribution >= 0.6 is 0 Å². The van der Waals surface area contributed by atoms with E-state index in [1.165, 1.54) is 0 Å². The molecule has 0 spiro atoms. The average molecular weight is 553 g/mol. The fourth-order valence-corrected chi connectivity index (χ4v) is 4.75. The van der Waals surface area contributed by atoms with Gasteiger partial charge in [-0.25, -0.2) is 4.68 Å². The minimum Gasteiger partial charge on any atom is -0.497 e. The van der Waals surface area contributed by atoms with Gasteiger partial charge in [-0.05, 0) is 66.3 Å². The average Bonchev–Trinajstić information content (AvgIpc) is 3.30. The first-order valence-electron chi connectivity index (χ1n) is 14.1. The molecule has 0 aliphatic heterocycles. The molecule has 0 atom stereocenters. The molecule has 0 aliphatic carbocycles. The Bertz CT molecular complexity index is 1470. The Kier molecular flexibility index (Phi) is 9.28. The van der Waals surface area contributed by atoms with Gasteiger partial charge in [0.05, 0.1) is 18.5 Å². The number of methoxy groups -OCH3 is 1. The Morgan fingerprint density at radius 1 is 0.951 bits per heavy atom. The quantitative estimate of drug-likeness (QED) is 0.229. The Morgan fingerprint density at radius 3 is 2.20 bits per heavy atom. The second kappa shape index (κ2) is 12.9. The van der Waals surface area contributed by atoms with Crippen LogP contribution in [0.15, 0.2) is 78.9 Å². The van der Waals surface area contributed by atoms with E-state index in [0.29, 0.717) is 17.9 Å². The maximum absolute atomic E-state index is 13.6. The van der Waals surface area contributed by atoms with E-state index < -0.39 is 0 Å². The third-order valence-electron chi connectivity index (χ3n) is 7.10. The van der Waals surface area contributed by atoms with Crippen LogP contribution in [-0.4, -0.2) is 46.7 Å². The predicted molar refractivity (Wildman–Crippen MR) is 165 cm³/mol. The van der Waals surface area contributed by atoms with Crippen molar-refractivity contribution in [3.05, 3.63) is 95.7 Å². The van der Waals surface area contributed by atoms with Gasteiger partial charge in [-0.2, -0.15) is 5.10 Å². The van der Waals surface area contributed by atoms with E-state index in [9.17, 15) is 9.59 Å². The summed E-state index contributed by atoms with van der Waals surface area (Å²) in [5.41, 5.74) is 5.06. The lowest BCUT2D eigenvalue weighted by molar-refractivity contribution is -0.116. The Labute approximate surface area is 243 Å². The van der Waals surface area contributed by atoms with Gasteiger partial charge in [-0.1, -0.05) is 76.6 Å². The molecule has 0 unspecified atom stereocenters. The Balaban J connectivity index is 1.65. The van der Waals surface area contributed by atoms with Gasteiger partial charge in [0.2, 0.25) is 5.91 Å². The number of hydrogen-bond donors (Lipinski definition) is 1. The summed E-state index contributed by atoms with van der Waals surface area (Å²) in [6, 6.07) is 25.1. The van der Waals surface area contributed by atoms with E-state index in [1.807, 2.05) is 85.8 Å². The van der Waals surface area contributed by atoms with Crippen molar-refractivity contribution < 1.29 is 14.3 Å². The maximum atomic E-state index is 13.6. The van der Waals surface area contributed by atoms with Gasteiger partial charge in [0.25, 0.3) is 5.91 Å². The Morgan fingerprint density at radius 2 is 1.61 bits per heavy atom. The number of benzene rings is 3. The fourth-order valence-electron chi connectivity index (χ4n) is 4.75. The van der Waals surface area contributed by atoms with Gasteiger partial charge in [-0.3, -0.25) is 9.59 Å². The lowest BCUT2D eigenvalue weighted by atomic mass is 9.86. The van der Waals surface area contributed by atoms with Gasteiger partial charge >= 0.3 is 0 Å². The third-order valence-corrected chi connectivity index (χ3v) is 7.10. The number of unbranched alkanes of at least 4 members (excludes halogenated alkanes) is 1. The van der Waals surface area contributed by atoms with Gasteiger partial charge in [0.1, 0.15) is 18.1 Å². The monoisotopic (exact) mass is 552 g/mol. The third kappa shape index (κ3) is 7.04. The summed E-state index contributed by atoms with van der Waals surface area (Å²) in [5, 5.41) is 7.89. The second-order valence-electron chi connectivity index (χ2n) is 11.2. The minimum atomic E-state index is -0.285. The normalized spacial score (nSPS) is 11.3. The van der Waals surface area contributed by atoms with Crippen molar-refractivity contribution in [3.8, 4) is 22.6 Å². The molecule has 1 aromatic heterocycles. The number of carbonyl (C=O) groups is 2. The van der Waals surface area contributed by atoms with Crippen LogP contribution in [0.1, 0.15) is 62.2 Å². The van der Waals surface area contributed by atoms with Crippen LogP contribution in [0.3, 0.4) is 0 Å². The number of nitrogens with zero attached hydrogens (tertiary/aromatic N) is 3. The number of amides is 2. The van der Waals surface area contributed by atoms with Crippen LogP contribution < -0.4 is 10.1 Å². The molecule has 4 rings (SSSR count). The lowest BCUT2D eigenvalue weighted by Crippen LogP contribution is -2.39. The standard InChI is InChI=1S/C34H40N4O3/c1-7-8-22-37(33(40)26-14-16-27(17-15-26)34(3,4)5)23-30(39)35-32-31(25-12-10-9-11-13-25)24(2)36-38(32)28-18-20-29(41-6)21-19-28/h9-21H,7-8,22-23H2,1-6H3,(H,35,39). The van der Waals surface area contributed by atoms with Gasteiger partial charge < -0.3 is 15.0 Å². The van der Waals surface area contributed by atoms with Crippen LogP contribution in [0.25, 0.3) is 16.8 Å². The van der Waals surface area contributed by atoms with Crippen molar-refractivity contribution in [2.75, 3.05) is 25.5 Å². The molecule has 0 saturated carbocycles. The van der Waals surface area contributed by atoms with Crippen molar-refractivity contribution >= 4 is 17.6 Å². The molecule has 0 bridgehead atoms. The molecule has 4 aromatic rings. The van der Waals surface area contributed by atoms with E-state index in [2.05, 4.69) is 33.0 Å². The number of nitrogens with one attached hydrogen (secondary N) is 1. The topological polar surface area (TPSA) is 76.5 Å². The van der Waals surface area contributed by atoms with Crippen molar-refractivity contribution in [3.63, 3.8) is 0 Å². The highest BCUT2D eigenvalue weighted by atomic mass is 16.5. The van der Waals surface area contributed by atoms with Crippen molar-refractivity contribution in [1.82, 2.24) is 14.7 Å². The SMILES string of the molecule is CCCCN(CC(=O)Nc1c(-c2ccccc2)c(C)nn1-c1ccc(OC)cc1)C(=O)c1ccc(C(C)(C)C)cc1. The molecule has 7 heteroatoms. The van der Waals surface area contributed by atoms with Crippen molar-refractivity contribution in [1.29, 1.82) is 0 Å². The van der Waals surface area contributed by atoms with Crippen LogP contribution in [0.4, 0.5) is 5.82 Å². The molecule has 1 N–H and O–H groups in total.